The number of rotatable bonds is 11. The molecule has 2 atom stereocenters. The minimum Gasteiger partial charge on any atom is -0.444 e. The Hall–Kier alpha value is -3.47. The standard InChI is InChI=1S/C33H50N6O5/c1-24(2)21-38(31(41)29-28(16-10-13-19-43-6)39(35-34-29)26-14-8-7-9-15-26)27-20-25(30(40)36-17-11-12-18-36)22-37(23-27)32(42)44-33(3,4)5/h7-9,14-15,24-25,27H,10-13,16-23H2,1-6H3/t25-,27?/m1/s1. The van der Waals surface area contributed by atoms with Gasteiger partial charge in [0.25, 0.3) is 5.91 Å². The predicted molar refractivity (Wildman–Crippen MR) is 168 cm³/mol. The van der Waals surface area contributed by atoms with E-state index in [1.54, 1.807) is 16.7 Å². The number of piperidine rings is 1. The van der Waals surface area contributed by atoms with Gasteiger partial charge in [0.15, 0.2) is 5.69 Å². The molecule has 11 heteroatoms. The van der Waals surface area contributed by atoms with Crippen LogP contribution in [0.25, 0.3) is 5.69 Å². The first-order chi connectivity index (χ1) is 21.0. The molecule has 4 rings (SSSR count). The van der Waals surface area contributed by atoms with E-state index in [1.807, 2.05) is 60.9 Å². The van der Waals surface area contributed by atoms with Crippen LogP contribution >= 0.6 is 0 Å². The number of benzene rings is 1. The molecule has 0 bridgehead atoms. The van der Waals surface area contributed by atoms with Crippen molar-refractivity contribution >= 4 is 17.9 Å². The van der Waals surface area contributed by atoms with Crippen molar-refractivity contribution in [1.82, 2.24) is 29.7 Å². The van der Waals surface area contributed by atoms with Crippen molar-refractivity contribution in [2.24, 2.45) is 11.8 Å². The van der Waals surface area contributed by atoms with Gasteiger partial charge in [-0.1, -0.05) is 37.3 Å². The van der Waals surface area contributed by atoms with Gasteiger partial charge in [0, 0.05) is 46.4 Å². The largest absolute Gasteiger partial charge is 0.444 e. The second kappa shape index (κ2) is 15.0. The molecule has 2 aromatic rings. The van der Waals surface area contributed by atoms with E-state index in [0.29, 0.717) is 31.7 Å². The molecule has 2 saturated heterocycles. The van der Waals surface area contributed by atoms with Gasteiger partial charge in [0.05, 0.1) is 23.3 Å². The molecule has 1 aromatic carbocycles. The Morgan fingerprint density at radius 1 is 1.02 bits per heavy atom. The molecule has 0 saturated carbocycles. The van der Waals surface area contributed by atoms with Crippen molar-refractivity contribution in [3.05, 3.63) is 41.7 Å². The maximum Gasteiger partial charge on any atom is 0.410 e. The van der Waals surface area contributed by atoms with E-state index in [9.17, 15) is 14.4 Å². The monoisotopic (exact) mass is 610 g/mol. The summed E-state index contributed by atoms with van der Waals surface area (Å²) in [5, 5.41) is 8.88. The Bertz CT molecular complexity index is 1250. The summed E-state index contributed by atoms with van der Waals surface area (Å²) >= 11 is 0. The lowest BCUT2D eigenvalue weighted by Gasteiger charge is -2.43. The van der Waals surface area contributed by atoms with Crippen LogP contribution in [0.5, 0.6) is 0 Å². The van der Waals surface area contributed by atoms with E-state index in [-0.39, 0.29) is 36.9 Å². The van der Waals surface area contributed by atoms with Crippen molar-refractivity contribution in [3.63, 3.8) is 0 Å². The van der Waals surface area contributed by atoms with E-state index in [4.69, 9.17) is 9.47 Å². The van der Waals surface area contributed by atoms with Gasteiger partial charge in [-0.2, -0.15) is 0 Å². The fourth-order valence-corrected chi connectivity index (χ4v) is 6.08. The van der Waals surface area contributed by atoms with Gasteiger partial charge >= 0.3 is 6.09 Å². The van der Waals surface area contributed by atoms with Crippen LogP contribution in [0.15, 0.2) is 30.3 Å². The smallest absolute Gasteiger partial charge is 0.410 e. The van der Waals surface area contributed by atoms with Crippen LogP contribution in [0.3, 0.4) is 0 Å². The highest BCUT2D eigenvalue weighted by atomic mass is 16.6. The third-order valence-corrected chi connectivity index (χ3v) is 8.09. The van der Waals surface area contributed by atoms with E-state index in [2.05, 4.69) is 24.2 Å². The van der Waals surface area contributed by atoms with Crippen LogP contribution in [0.1, 0.15) is 82.9 Å². The van der Waals surface area contributed by atoms with Crippen LogP contribution in [-0.2, 0) is 20.7 Å². The lowest BCUT2D eigenvalue weighted by atomic mass is 9.91. The first-order valence-electron chi connectivity index (χ1n) is 16.0. The summed E-state index contributed by atoms with van der Waals surface area (Å²) < 4.78 is 12.7. The van der Waals surface area contributed by atoms with Crippen LogP contribution in [0.2, 0.25) is 0 Å². The number of ether oxygens (including phenoxy) is 2. The fraction of sp³-hybridized carbons (Fsp3) is 0.667. The summed E-state index contributed by atoms with van der Waals surface area (Å²) in [7, 11) is 1.68. The number of unbranched alkanes of at least 4 members (excludes halogenated alkanes) is 1. The maximum absolute atomic E-state index is 14.5. The molecule has 2 aliphatic heterocycles. The number of likely N-dealkylation sites (tertiary alicyclic amines) is 2. The highest BCUT2D eigenvalue weighted by Gasteiger charge is 2.42. The average molecular weight is 611 g/mol. The number of aromatic nitrogens is 3. The average Bonchev–Trinajstić information content (AvgIpc) is 3.67. The first kappa shape index (κ1) is 33.4. The SMILES string of the molecule is COCCCCc1c(C(=O)N(CC(C)C)C2C[C@@H](C(=O)N3CCCC3)CN(C(=O)OC(C)(C)C)C2)nnn1-c1ccccc1. The molecule has 0 radical (unpaired) electrons. The van der Waals surface area contributed by atoms with Gasteiger partial charge in [-0.25, -0.2) is 9.48 Å². The first-order valence-corrected chi connectivity index (χ1v) is 16.0. The van der Waals surface area contributed by atoms with E-state index in [1.165, 1.54) is 0 Å². The normalized spacial score (nSPS) is 19.0. The topological polar surface area (TPSA) is 110 Å². The van der Waals surface area contributed by atoms with Crippen LogP contribution in [0, 0.1) is 11.8 Å². The van der Waals surface area contributed by atoms with Gasteiger partial charge in [-0.05, 0) is 77.3 Å². The molecule has 3 heterocycles. The Morgan fingerprint density at radius 2 is 1.73 bits per heavy atom. The van der Waals surface area contributed by atoms with Crippen molar-refractivity contribution in [3.8, 4) is 5.69 Å². The lowest BCUT2D eigenvalue weighted by Crippen LogP contribution is -2.58. The Balaban J connectivity index is 1.68. The Labute approximate surface area is 261 Å². The molecular weight excluding hydrogens is 560 g/mol. The van der Waals surface area contributed by atoms with E-state index >= 15 is 0 Å². The Morgan fingerprint density at radius 3 is 2.36 bits per heavy atom. The second-order valence-electron chi connectivity index (χ2n) is 13.4. The molecule has 2 aliphatic rings. The van der Waals surface area contributed by atoms with Crippen LogP contribution in [0.4, 0.5) is 4.79 Å². The summed E-state index contributed by atoms with van der Waals surface area (Å²) in [6.07, 6.45) is 4.23. The molecule has 242 valence electrons. The number of hydrogen-bond donors (Lipinski definition) is 0. The zero-order valence-electron chi connectivity index (χ0n) is 27.3. The minimum atomic E-state index is -0.681. The van der Waals surface area contributed by atoms with Crippen molar-refractivity contribution < 1.29 is 23.9 Å². The zero-order chi connectivity index (χ0) is 31.9. The molecule has 1 unspecified atom stereocenters. The second-order valence-corrected chi connectivity index (χ2v) is 13.4. The molecule has 3 amide bonds. The van der Waals surface area contributed by atoms with Crippen molar-refractivity contribution in [2.75, 3.05) is 46.4 Å². The summed E-state index contributed by atoms with van der Waals surface area (Å²) in [6.45, 7) is 12.7. The zero-order valence-corrected chi connectivity index (χ0v) is 27.3. The number of amides is 3. The quantitative estimate of drug-likeness (QED) is 0.343. The molecule has 2 fully saturated rings. The maximum atomic E-state index is 14.5. The van der Waals surface area contributed by atoms with Gasteiger partial charge in [-0.15, -0.1) is 5.10 Å². The summed E-state index contributed by atoms with van der Waals surface area (Å²) in [6, 6.07) is 9.32. The van der Waals surface area contributed by atoms with Gasteiger partial charge in [0.1, 0.15) is 5.60 Å². The predicted octanol–water partition coefficient (Wildman–Crippen LogP) is 4.58. The van der Waals surface area contributed by atoms with E-state index in [0.717, 1.165) is 50.2 Å². The molecule has 44 heavy (non-hydrogen) atoms. The number of nitrogens with zero attached hydrogens (tertiary/aromatic N) is 6. The highest BCUT2D eigenvalue weighted by Crippen LogP contribution is 2.28. The third-order valence-electron chi connectivity index (χ3n) is 8.09. The fourth-order valence-electron chi connectivity index (χ4n) is 6.08. The number of carbonyl (C=O) groups is 3. The number of hydrogen-bond acceptors (Lipinski definition) is 7. The molecule has 11 nitrogen and oxygen atoms in total. The van der Waals surface area contributed by atoms with E-state index < -0.39 is 17.6 Å². The summed E-state index contributed by atoms with van der Waals surface area (Å²) in [5.41, 5.74) is 1.21. The summed E-state index contributed by atoms with van der Waals surface area (Å²) in [4.78, 5) is 46.9. The van der Waals surface area contributed by atoms with Crippen LogP contribution < -0.4 is 0 Å². The van der Waals surface area contributed by atoms with Crippen molar-refractivity contribution in [1.29, 1.82) is 0 Å². The van der Waals surface area contributed by atoms with Gasteiger partial charge in [0.2, 0.25) is 5.91 Å². The molecule has 1 aromatic heterocycles. The molecule has 0 spiro atoms. The van der Waals surface area contributed by atoms with Crippen molar-refractivity contribution in [2.45, 2.75) is 84.8 Å². The highest BCUT2D eigenvalue weighted by molar-refractivity contribution is 5.94. The number of carbonyl (C=O) groups excluding carboxylic acids is 3. The Kier molecular flexibility index (Phi) is 11.4. The minimum absolute atomic E-state index is 0.0477. The number of para-hydroxylation sites is 1. The summed E-state index contributed by atoms with van der Waals surface area (Å²) in [5.74, 6) is -0.453. The molecular formula is C33H50N6O5. The lowest BCUT2D eigenvalue weighted by molar-refractivity contribution is -0.137. The number of methoxy groups -OCH3 is 1. The van der Waals surface area contributed by atoms with Gasteiger partial charge in [-0.3, -0.25) is 9.59 Å². The van der Waals surface area contributed by atoms with Gasteiger partial charge < -0.3 is 24.2 Å². The molecule has 0 N–H and O–H groups in total. The third kappa shape index (κ3) is 8.58. The van der Waals surface area contributed by atoms with Crippen LogP contribution in [-0.4, -0.2) is 106 Å². The molecule has 0 aliphatic carbocycles.